The van der Waals surface area contributed by atoms with Gasteiger partial charge in [-0.2, -0.15) is 5.10 Å². The van der Waals surface area contributed by atoms with Crippen molar-refractivity contribution >= 4 is 22.2 Å². The lowest BCUT2D eigenvalue weighted by atomic mass is 10.1. The molecule has 9 heteroatoms. The summed E-state index contributed by atoms with van der Waals surface area (Å²) in [5, 5.41) is 7.57. The summed E-state index contributed by atoms with van der Waals surface area (Å²) in [6.07, 6.45) is 7.22. The van der Waals surface area contributed by atoms with Gasteiger partial charge in [0.05, 0.1) is 22.4 Å². The molecule has 0 fully saturated rings. The van der Waals surface area contributed by atoms with Crippen molar-refractivity contribution in [2.24, 2.45) is 0 Å². The molecular weight excluding hydrogens is 426 g/mol. The molecule has 0 aliphatic rings. The van der Waals surface area contributed by atoms with Crippen molar-refractivity contribution in [1.29, 1.82) is 0 Å². The minimum absolute atomic E-state index is 0.598. The van der Waals surface area contributed by atoms with Crippen LogP contribution < -0.4 is 0 Å². The highest BCUT2D eigenvalue weighted by Gasteiger charge is 2.17. The molecule has 0 bridgehead atoms. The van der Waals surface area contributed by atoms with E-state index < -0.39 is 0 Å². The molecule has 166 valence electrons. The number of H-pyrrole nitrogens is 2. The van der Waals surface area contributed by atoms with E-state index in [0.29, 0.717) is 17.2 Å². The summed E-state index contributed by atoms with van der Waals surface area (Å²) < 4.78 is 0. The van der Waals surface area contributed by atoms with Crippen molar-refractivity contribution in [3.8, 4) is 34.0 Å². The van der Waals surface area contributed by atoms with Gasteiger partial charge in [0.25, 0.3) is 0 Å². The van der Waals surface area contributed by atoms with Gasteiger partial charge in [-0.1, -0.05) is 6.07 Å². The molecule has 6 heterocycles. The van der Waals surface area contributed by atoms with Gasteiger partial charge in [0, 0.05) is 42.5 Å². The van der Waals surface area contributed by atoms with Crippen molar-refractivity contribution < 1.29 is 0 Å². The number of nitrogens with zero attached hydrogens (tertiary/aromatic N) is 7. The number of hydrogen-bond acceptors (Lipinski definition) is 7. The standard InChI is InChI=1S/C25H21N9/c1-34(2)14-15-11-16(13-26-12-15)18-6-7-20-22(29-18)23(33-32-20)25-30-21-17(8-10-28-24(21)31-25)19-5-3-4-9-27-19/h3-13H,14H2,1-2H3,(H,32,33)(H,28,30,31). The van der Waals surface area contributed by atoms with Gasteiger partial charge in [0.1, 0.15) is 5.52 Å². The lowest BCUT2D eigenvalue weighted by Crippen LogP contribution is -2.10. The summed E-state index contributed by atoms with van der Waals surface area (Å²) in [7, 11) is 4.08. The van der Waals surface area contributed by atoms with Gasteiger partial charge in [-0.05, 0) is 56.1 Å². The smallest absolute Gasteiger partial charge is 0.178 e. The first-order valence-electron chi connectivity index (χ1n) is 10.9. The van der Waals surface area contributed by atoms with E-state index in [2.05, 4.69) is 41.1 Å². The summed E-state index contributed by atoms with van der Waals surface area (Å²) in [5.74, 6) is 0.598. The molecule has 0 saturated heterocycles. The largest absolute Gasteiger partial charge is 0.335 e. The number of imidazole rings is 1. The molecule has 0 aliphatic heterocycles. The van der Waals surface area contributed by atoms with E-state index in [1.165, 1.54) is 0 Å². The molecule has 6 rings (SSSR count). The molecule has 0 amide bonds. The number of fused-ring (bicyclic) bond motifs is 2. The third kappa shape index (κ3) is 3.57. The SMILES string of the molecule is CN(C)Cc1cncc(-c2ccc3[nH]nc(-c4nc5nccc(-c6ccccn6)c5[nH]4)c3n2)c1. The fourth-order valence-corrected chi connectivity index (χ4v) is 4.06. The van der Waals surface area contributed by atoms with Gasteiger partial charge in [0.15, 0.2) is 17.2 Å². The third-order valence-electron chi connectivity index (χ3n) is 5.55. The van der Waals surface area contributed by atoms with Gasteiger partial charge in [0.2, 0.25) is 0 Å². The van der Waals surface area contributed by atoms with Crippen molar-refractivity contribution in [2.75, 3.05) is 14.1 Å². The van der Waals surface area contributed by atoms with Crippen molar-refractivity contribution in [3.63, 3.8) is 0 Å². The maximum Gasteiger partial charge on any atom is 0.178 e. The summed E-state index contributed by atoms with van der Waals surface area (Å²) in [6, 6.07) is 13.8. The Labute approximate surface area is 195 Å². The van der Waals surface area contributed by atoms with E-state index in [9.17, 15) is 0 Å². The Morgan fingerprint density at radius 3 is 2.71 bits per heavy atom. The number of aromatic nitrogens is 8. The molecule has 9 nitrogen and oxygen atoms in total. The Bertz CT molecular complexity index is 1620. The van der Waals surface area contributed by atoms with Gasteiger partial charge in [-0.15, -0.1) is 0 Å². The van der Waals surface area contributed by atoms with Crippen LogP contribution in [0.25, 0.3) is 56.2 Å². The topological polar surface area (TPSA) is 112 Å². The number of nitrogens with one attached hydrogen (secondary N) is 2. The third-order valence-corrected chi connectivity index (χ3v) is 5.55. The minimum Gasteiger partial charge on any atom is -0.335 e. The Balaban J connectivity index is 1.45. The Kier molecular flexibility index (Phi) is 4.81. The van der Waals surface area contributed by atoms with Gasteiger partial charge in [-0.3, -0.25) is 15.1 Å². The molecule has 0 saturated carbocycles. The zero-order valence-corrected chi connectivity index (χ0v) is 18.7. The number of rotatable bonds is 5. The van der Waals surface area contributed by atoms with Gasteiger partial charge in [-0.25, -0.2) is 15.0 Å². The van der Waals surface area contributed by atoms with Crippen molar-refractivity contribution in [1.82, 2.24) is 45.0 Å². The van der Waals surface area contributed by atoms with E-state index in [1.54, 1.807) is 12.4 Å². The highest BCUT2D eigenvalue weighted by molar-refractivity contribution is 5.94. The second-order valence-electron chi connectivity index (χ2n) is 8.34. The fourth-order valence-electron chi connectivity index (χ4n) is 4.06. The molecule has 0 aromatic carbocycles. The van der Waals surface area contributed by atoms with Crippen LogP contribution in [0.3, 0.4) is 0 Å². The molecule has 6 aromatic heterocycles. The summed E-state index contributed by atoms with van der Waals surface area (Å²) in [5.41, 5.74) is 8.30. The predicted molar refractivity (Wildman–Crippen MR) is 131 cm³/mol. The molecule has 0 unspecified atom stereocenters. The van der Waals surface area contributed by atoms with E-state index >= 15 is 0 Å². The zero-order valence-electron chi connectivity index (χ0n) is 18.7. The number of pyridine rings is 4. The van der Waals surface area contributed by atoms with Crippen LogP contribution in [0.15, 0.2) is 67.3 Å². The predicted octanol–water partition coefficient (Wildman–Crippen LogP) is 4.08. The summed E-state index contributed by atoms with van der Waals surface area (Å²) >= 11 is 0. The van der Waals surface area contributed by atoms with E-state index in [4.69, 9.17) is 9.97 Å². The van der Waals surface area contributed by atoms with Gasteiger partial charge >= 0.3 is 0 Å². The van der Waals surface area contributed by atoms with Crippen LogP contribution in [-0.4, -0.2) is 59.1 Å². The van der Waals surface area contributed by atoms with Crippen LogP contribution in [0.2, 0.25) is 0 Å². The minimum atomic E-state index is 0.598. The number of aromatic amines is 2. The molecule has 0 radical (unpaired) electrons. The molecule has 6 aromatic rings. The van der Waals surface area contributed by atoms with Crippen LogP contribution in [0.4, 0.5) is 0 Å². The first kappa shape index (κ1) is 20.1. The zero-order chi connectivity index (χ0) is 23.1. The normalized spacial score (nSPS) is 11.6. The van der Waals surface area contributed by atoms with Crippen molar-refractivity contribution in [3.05, 3.63) is 72.8 Å². The summed E-state index contributed by atoms with van der Waals surface area (Å²) in [6.45, 7) is 0.810. The average Bonchev–Trinajstić information content (AvgIpc) is 3.48. The molecule has 0 aliphatic carbocycles. The second kappa shape index (κ2) is 8.13. The monoisotopic (exact) mass is 447 g/mol. The van der Waals surface area contributed by atoms with Crippen LogP contribution >= 0.6 is 0 Å². The fraction of sp³-hybridized carbons (Fsp3) is 0.120. The maximum atomic E-state index is 4.91. The van der Waals surface area contributed by atoms with E-state index in [1.807, 2.05) is 62.9 Å². The quantitative estimate of drug-likeness (QED) is 0.409. The molecular formula is C25H21N9. The molecule has 0 spiro atoms. The lowest BCUT2D eigenvalue weighted by molar-refractivity contribution is 0.402. The van der Waals surface area contributed by atoms with Crippen molar-refractivity contribution in [2.45, 2.75) is 6.54 Å². The maximum absolute atomic E-state index is 4.91. The first-order valence-corrected chi connectivity index (χ1v) is 10.9. The van der Waals surface area contributed by atoms with E-state index in [0.717, 1.165) is 51.2 Å². The second-order valence-corrected chi connectivity index (χ2v) is 8.34. The number of hydrogen-bond donors (Lipinski definition) is 2. The van der Waals surface area contributed by atoms with Crippen LogP contribution in [-0.2, 0) is 6.54 Å². The van der Waals surface area contributed by atoms with Crippen LogP contribution in [0, 0.1) is 0 Å². The Hall–Kier alpha value is -4.50. The Morgan fingerprint density at radius 2 is 1.85 bits per heavy atom. The first-order chi connectivity index (χ1) is 16.7. The van der Waals surface area contributed by atoms with E-state index in [-0.39, 0.29) is 0 Å². The summed E-state index contributed by atoms with van der Waals surface area (Å²) in [4.78, 5) is 28.4. The lowest BCUT2D eigenvalue weighted by Gasteiger charge is -2.10. The molecule has 2 N–H and O–H groups in total. The van der Waals surface area contributed by atoms with Crippen LogP contribution in [0.5, 0.6) is 0 Å². The Morgan fingerprint density at radius 1 is 0.912 bits per heavy atom. The van der Waals surface area contributed by atoms with Crippen LogP contribution in [0.1, 0.15) is 5.56 Å². The molecule has 34 heavy (non-hydrogen) atoms. The average molecular weight is 448 g/mol. The molecule has 0 atom stereocenters. The van der Waals surface area contributed by atoms with Gasteiger partial charge < -0.3 is 9.88 Å². The highest BCUT2D eigenvalue weighted by atomic mass is 15.2. The highest BCUT2D eigenvalue weighted by Crippen LogP contribution is 2.30.